The number of carbonyl (C=O) groups is 2. The van der Waals surface area contributed by atoms with Crippen molar-refractivity contribution in [3.63, 3.8) is 0 Å². The van der Waals surface area contributed by atoms with Crippen LogP contribution in [0, 0.1) is 5.92 Å². The Morgan fingerprint density at radius 2 is 1.95 bits per heavy atom. The standard InChI is InChI=1S/C15H19NO3/c1-15(14(18)19,12-8-3-2-4-9-12)10-16-13(17)11-6-5-7-11/h2-4,8-9,11H,5-7,10H2,1H3,(H,16,17)(H,18,19). The zero-order valence-corrected chi connectivity index (χ0v) is 11.1. The van der Waals surface area contributed by atoms with E-state index in [0.717, 1.165) is 19.3 Å². The number of hydrogen-bond donors (Lipinski definition) is 2. The predicted molar refractivity (Wildman–Crippen MR) is 71.8 cm³/mol. The largest absolute Gasteiger partial charge is 0.481 e. The number of aliphatic carboxylic acids is 1. The normalized spacial score (nSPS) is 18.2. The van der Waals surface area contributed by atoms with Crippen molar-refractivity contribution in [2.75, 3.05) is 6.54 Å². The van der Waals surface area contributed by atoms with Gasteiger partial charge in [-0.05, 0) is 25.3 Å². The molecular weight excluding hydrogens is 242 g/mol. The molecule has 1 aliphatic rings. The van der Waals surface area contributed by atoms with Crippen LogP contribution in [-0.4, -0.2) is 23.5 Å². The van der Waals surface area contributed by atoms with Crippen molar-refractivity contribution < 1.29 is 14.7 Å². The summed E-state index contributed by atoms with van der Waals surface area (Å²) in [4.78, 5) is 23.4. The van der Waals surface area contributed by atoms with Crippen LogP contribution in [0.4, 0.5) is 0 Å². The molecule has 1 aromatic rings. The third-order valence-corrected chi connectivity index (χ3v) is 3.98. The lowest BCUT2D eigenvalue weighted by molar-refractivity contribution is -0.143. The summed E-state index contributed by atoms with van der Waals surface area (Å²) in [7, 11) is 0. The first-order valence-corrected chi connectivity index (χ1v) is 6.60. The molecule has 102 valence electrons. The molecule has 19 heavy (non-hydrogen) atoms. The van der Waals surface area contributed by atoms with Crippen molar-refractivity contribution in [3.05, 3.63) is 35.9 Å². The number of amides is 1. The minimum atomic E-state index is -1.08. The average Bonchev–Trinajstić information content (AvgIpc) is 2.34. The predicted octanol–water partition coefficient (Wildman–Crippen LogP) is 1.95. The van der Waals surface area contributed by atoms with Crippen LogP contribution >= 0.6 is 0 Å². The highest BCUT2D eigenvalue weighted by molar-refractivity contribution is 5.84. The summed E-state index contributed by atoms with van der Waals surface area (Å²) >= 11 is 0. The van der Waals surface area contributed by atoms with Crippen molar-refractivity contribution in [2.45, 2.75) is 31.6 Å². The number of carboxylic acid groups (broad SMARTS) is 1. The van der Waals surface area contributed by atoms with Gasteiger partial charge in [0.05, 0.1) is 0 Å². The zero-order valence-electron chi connectivity index (χ0n) is 11.1. The summed E-state index contributed by atoms with van der Waals surface area (Å²) in [5, 5.41) is 12.2. The van der Waals surface area contributed by atoms with E-state index in [1.54, 1.807) is 19.1 Å². The number of hydrogen-bond acceptors (Lipinski definition) is 2. The second-order valence-corrected chi connectivity index (χ2v) is 5.35. The van der Waals surface area contributed by atoms with Gasteiger partial charge in [-0.2, -0.15) is 0 Å². The third kappa shape index (κ3) is 2.78. The van der Waals surface area contributed by atoms with Crippen molar-refractivity contribution in [1.29, 1.82) is 0 Å². The molecule has 1 aromatic carbocycles. The maximum absolute atomic E-state index is 11.8. The molecule has 0 radical (unpaired) electrons. The molecule has 4 nitrogen and oxygen atoms in total. The molecule has 1 amide bonds. The van der Waals surface area contributed by atoms with Gasteiger partial charge in [0.25, 0.3) is 0 Å². The topological polar surface area (TPSA) is 66.4 Å². The Labute approximate surface area is 112 Å². The van der Waals surface area contributed by atoms with E-state index in [4.69, 9.17) is 0 Å². The molecule has 1 unspecified atom stereocenters. The number of benzene rings is 1. The molecule has 1 aliphatic carbocycles. The molecule has 1 fully saturated rings. The highest BCUT2D eigenvalue weighted by Gasteiger charge is 2.36. The number of carbonyl (C=O) groups excluding carboxylic acids is 1. The van der Waals surface area contributed by atoms with E-state index < -0.39 is 11.4 Å². The average molecular weight is 261 g/mol. The molecule has 0 bridgehead atoms. The van der Waals surface area contributed by atoms with E-state index in [2.05, 4.69) is 5.32 Å². The van der Waals surface area contributed by atoms with Crippen LogP contribution in [0.25, 0.3) is 0 Å². The van der Waals surface area contributed by atoms with E-state index in [0.29, 0.717) is 5.56 Å². The summed E-state index contributed by atoms with van der Waals surface area (Å²) < 4.78 is 0. The molecule has 2 rings (SSSR count). The van der Waals surface area contributed by atoms with E-state index in [1.807, 2.05) is 18.2 Å². The molecule has 1 atom stereocenters. The molecule has 0 heterocycles. The Morgan fingerprint density at radius 3 is 2.42 bits per heavy atom. The summed E-state index contributed by atoms with van der Waals surface area (Å²) in [6, 6.07) is 9.03. The van der Waals surface area contributed by atoms with Crippen LogP contribution in [0.2, 0.25) is 0 Å². The fourth-order valence-corrected chi connectivity index (χ4v) is 2.19. The van der Waals surface area contributed by atoms with E-state index in [9.17, 15) is 14.7 Å². The van der Waals surface area contributed by atoms with Crippen LogP contribution in [0.15, 0.2) is 30.3 Å². The fourth-order valence-electron chi connectivity index (χ4n) is 2.19. The smallest absolute Gasteiger partial charge is 0.315 e. The van der Waals surface area contributed by atoms with Gasteiger partial charge in [-0.25, -0.2) is 0 Å². The lowest BCUT2D eigenvalue weighted by atomic mass is 9.81. The van der Waals surface area contributed by atoms with Crippen LogP contribution in [0.1, 0.15) is 31.7 Å². The van der Waals surface area contributed by atoms with Crippen molar-refractivity contribution in [2.24, 2.45) is 5.92 Å². The Balaban J connectivity index is 2.07. The second kappa shape index (κ2) is 5.43. The van der Waals surface area contributed by atoms with E-state index in [-0.39, 0.29) is 18.4 Å². The van der Waals surface area contributed by atoms with Crippen molar-refractivity contribution in [3.8, 4) is 0 Å². The molecule has 0 aromatic heterocycles. The Bertz CT molecular complexity index is 468. The Hall–Kier alpha value is -1.84. The van der Waals surface area contributed by atoms with Crippen molar-refractivity contribution >= 4 is 11.9 Å². The van der Waals surface area contributed by atoms with Gasteiger partial charge >= 0.3 is 5.97 Å². The SMILES string of the molecule is CC(CNC(=O)C1CCC1)(C(=O)O)c1ccccc1. The third-order valence-electron chi connectivity index (χ3n) is 3.98. The van der Waals surface area contributed by atoms with Gasteiger partial charge in [0.1, 0.15) is 5.41 Å². The van der Waals surface area contributed by atoms with Gasteiger partial charge in [-0.1, -0.05) is 36.8 Å². The first kappa shape index (κ1) is 13.6. The van der Waals surface area contributed by atoms with E-state index >= 15 is 0 Å². The first-order valence-electron chi connectivity index (χ1n) is 6.60. The highest BCUT2D eigenvalue weighted by Crippen LogP contribution is 2.27. The fraction of sp³-hybridized carbons (Fsp3) is 0.467. The van der Waals surface area contributed by atoms with Crippen LogP contribution in [0.5, 0.6) is 0 Å². The lowest BCUT2D eigenvalue weighted by Crippen LogP contribution is -2.46. The summed E-state index contributed by atoms with van der Waals surface area (Å²) in [5.74, 6) is -0.865. The van der Waals surface area contributed by atoms with Gasteiger partial charge in [0.2, 0.25) is 5.91 Å². The Kier molecular flexibility index (Phi) is 3.88. The van der Waals surface area contributed by atoms with Gasteiger partial charge in [0.15, 0.2) is 0 Å². The van der Waals surface area contributed by atoms with Crippen LogP contribution < -0.4 is 5.32 Å². The molecular formula is C15H19NO3. The van der Waals surface area contributed by atoms with Gasteiger partial charge < -0.3 is 10.4 Å². The second-order valence-electron chi connectivity index (χ2n) is 5.35. The summed E-state index contributed by atoms with van der Waals surface area (Å²) in [6.45, 7) is 1.77. The maximum Gasteiger partial charge on any atom is 0.315 e. The first-order chi connectivity index (χ1) is 9.04. The van der Waals surface area contributed by atoms with Crippen molar-refractivity contribution in [1.82, 2.24) is 5.32 Å². The number of rotatable bonds is 5. The zero-order chi connectivity index (χ0) is 13.9. The highest BCUT2D eigenvalue weighted by atomic mass is 16.4. The van der Waals surface area contributed by atoms with E-state index in [1.165, 1.54) is 0 Å². The number of nitrogens with one attached hydrogen (secondary N) is 1. The molecule has 2 N–H and O–H groups in total. The molecule has 0 aliphatic heterocycles. The lowest BCUT2D eigenvalue weighted by Gasteiger charge is -2.29. The number of carboxylic acids is 1. The molecule has 4 heteroatoms. The van der Waals surface area contributed by atoms with Gasteiger partial charge in [-0.3, -0.25) is 9.59 Å². The minimum absolute atomic E-state index is 0.0188. The summed E-state index contributed by atoms with van der Waals surface area (Å²) in [5.41, 5.74) is -0.378. The molecule has 1 saturated carbocycles. The van der Waals surface area contributed by atoms with Crippen LogP contribution in [0.3, 0.4) is 0 Å². The quantitative estimate of drug-likeness (QED) is 0.851. The molecule has 0 saturated heterocycles. The maximum atomic E-state index is 11.8. The monoisotopic (exact) mass is 261 g/mol. The minimum Gasteiger partial charge on any atom is -0.481 e. The molecule has 0 spiro atoms. The van der Waals surface area contributed by atoms with Crippen LogP contribution in [-0.2, 0) is 15.0 Å². The van der Waals surface area contributed by atoms with Gasteiger partial charge in [-0.15, -0.1) is 0 Å². The Morgan fingerprint density at radius 1 is 1.32 bits per heavy atom. The summed E-state index contributed by atoms with van der Waals surface area (Å²) in [6.07, 6.45) is 2.93. The van der Waals surface area contributed by atoms with Gasteiger partial charge in [0, 0.05) is 12.5 Å².